The Labute approximate surface area is 156 Å². The van der Waals surface area contributed by atoms with Crippen molar-refractivity contribution in [3.63, 3.8) is 0 Å². The molecule has 0 unspecified atom stereocenters. The molecule has 0 aliphatic heterocycles. The third-order valence-electron chi connectivity index (χ3n) is 4.76. The van der Waals surface area contributed by atoms with Gasteiger partial charge in [0.25, 0.3) is 0 Å². The number of rotatable bonds is 2. The van der Waals surface area contributed by atoms with Gasteiger partial charge in [0.2, 0.25) is 0 Å². The molecule has 0 fully saturated rings. The van der Waals surface area contributed by atoms with Gasteiger partial charge < -0.3 is 4.42 Å². The van der Waals surface area contributed by atoms with Gasteiger partial charge in [0.1, 0.15) is 11.2 Å². The summed E-state index contributed by atoms with van der Waals surface area (Å²) in [5, 5.41) is 2.76. The van der Waals surface area contributed by atoms with Gasteiger partial charge in [0.05, 0.1) is 5.02 Å². The Bertz CT molecular complexity index is 1240. The molecular weight excluding hydrogens is 340 g/mol. The van der Waals surface area contributed by atoms with Gasteiger partial charge in [-0.3, -0.25) is 0 Å². The van der Waals surface area contributed by atoms with E-state index in [0.717, 1.165) is 38.1 Å². The van der Waals surface area contributed by atoms with Gasteiger partial charge in [-0.15, -0.1) is 0 Å². The summed E-state index contributed by atoms with van der Waals surface area (Å²) in [5.41, 5.74) is 6.17. The van der Waals surface area contributed by atoms with Crippen molar-refractivity contribution in [2.75, 3.05) is 0 Å². The summed E-state index contributed by atoms with van der Waals surface area (Å²) in [4.78, 5) is 0. The maximum atomic E-state index is 6.83. The fourth-order valence-corrected chi connectivity index (χ4v) is 3.86. The van der Waals surface area contributed by atoms with Gasteiger partial charge in [-0.05, 0) is 41.0 Å². The van der Waals surface area contributed by atoms with Crippen LogP contribution in [0.25, 0.3) is 44.2 Å². The molecule has 0 aliphatic rings. The van der Waals surface area contributed by atoms with Crippen molar-refractivity contribution in [3.05, 3.63) is 96.0 Å². The lowest BCUT2D eigenvalue weighted by molar-refractivity contribution is 0.669. The summed E-state index contributed by atoms with van der Waals surface area (Å²) in [7, 11) is 0. The molecule has 4 aromatic carbocycles. The molecular formula is C24H15ClO. The molecule has 0 N–H and O–H groups in total. The minimum atomic E-state index is 0.734. The summed E-state index contributed by atoms with van der Waals surface area (Å²) >= 11 is 6.83. The first-order chi connectivity index (χ1) is 12.8. The second-order valence-electron chi connectivity index (χ2n) is 6.35. The van der Waals surface area contributed by atoms with Gasteiger partial charge in [0.15, 0.2) is 0 Å². The Hall–Kier alpha value is -3.03. The minimum Gasteiger partial charge on any atom is -0.456 e. The van der Waals surface area contributed by atoms with E-state index in [1.54, 1.807) is 0 Å². The number of hydrogen-bond donors (Lipinski definition) is 0. The normalized spacial score (nSPS) is 11.3. The van der Waals surface area contributed by atoms with E-state index in [1.165, 1.54) is 11.1 Å². The van der Waals surface area contributed by atoms with Crippen LogP contribution in [0.3, 0.4) is 0 Å². The molecule has 5 rings (SSSR count). The van der Waals surface area contributed by atoms with Crippen LogP contribution in [-0.2, 0) is 0 Å². The summed E-state index contributed by atoms with van der Waals surface area (Å²) < 4.78 is 5.93. The summed E-state index contributed by atoms with van der Waals surface area (Å²) in [6, 6.07) is 30.9. The Morgan fingerprint density at radius 2 is 1.31 bits per heavy atom. The Morgan fingerprint density at radius 1 is 0.577 bits per heavy atom. The van der Waals surface area contributed by atoms with Crippen LogP contribution in [0.15, 0.2) is 95.4 Å². The number of halogens is 1. The molecule has 0 atom stereocenters. The van der Waals surface area contributed by atoms with Crippen molar-refractivity contribution in [1.29, 1.82) is 0 Å². The largest absolute Gasteiger partial charge is 0.456 e. The van der Waals surface area contributed by atoms with Crippen LogP contribution in [-0.4, -0.2) is 0 Å². The predicted molar refractivity (Wildman–Crippen MR) is 110 cm³/mol. The molecule has 2 heteroatoms. The molecule has 0 bridgehead atoms. The lowest BCUT2D eigenvalue weighted by atomic mass is 9.98. The first kappa shape index (κ1) is 15.2. The van der Waals surface area contributed by atoms with Crippen LogP contribution in [0.4, 0.5) is 0 Å². The molecule has 124 valence electrons. The van der Waals surface area contributed by atoms with Crippen molar-refractivity contribution in [1.82, 2.24) is 0 Å². The van der Waals surface area contributed by atoms with E-state index >= 15 is 0 Å². The number of benzene rings is 4. The molecule has 1 aromatic heterocycles. The second kappa shape index (κ2) is 6.05. The van der Waals surface area contributed by atoms with E-state index in [9.17, 15) is 0 Å². The fourth-order valence-electron chi connectivity index (χ4n) is 3.49. The molecule has 0 amide bonds. The lowest BCUT2D eigenvalue weighted by Crippen LogP contribution is -1.83. The molecule has 5 aromatic rings. The van der Waals surface area contributed by atoms with Crippen LogP contribution >= 0.6 is 11.6 Å². The Kier molecular flexibility index (Phi) is 3.55. The zero-order valence-corrected chi connectivity index (χ0v) is 14.7. The van der Waals surface area contributed by atoms with Gasteiger partial charge in [-0.2, -0.15) is 0 Å². The summed E-state index contributed by atoms with van der Waals surface area (Å²) in [6.45, 7) is 0. The van der Waals surface area contributed by atoms with Crippen molar-refractivity contribution in [2.24, 2.45) is 0 Å². The average molecular weight is 355 g/mol. The Morgan fingerprint density at radius 3 is 2.19 bits per heavy atom. The van der Waals surface area contributed by atoms with Crippen molar-refractivity contribution in [3.8, 4) is 22.3 Å². The van der Waals surface area contributed by atoms with Crippen molar-refractivity contribution >= 4 is 33.5 Å². The van der Waals surface area contributed by atoms with E-state index in [1.807, 2.05) is 36.4 Å². The monoisotopic (exact) mass is 354 g/mol. The van der Waals surface area contributed by atoms with Crippen LogP contribution < -0.4 is 0 Å². The van der Waals surface area contributed by atoms with E-state index in [-0.39, 0.29) is 0 Å². The average Bonchev–Trinajstić information content (AvgIpc) is 3.08. The number of fused-ring (bicyclic) bond motifs is 3. The van der Waals surface area contributed by atoms with Gasteiger partial charge in [-0.1, -0.05) is 78.3 Å². The van der Waals surface area contributed by atoms with Crippen LogP contribution in [0, 0.1) is 0 Å². The van der Waals surface area contributed by atoms with E-state index in [0.29, 0.717) is 0 Å². The fraction of sp³-hybridized carbons (Fsp3) is 0. The third kappa shape index (κ3) is 2.40. The molecule has 0 saturated carbocycles. The maximum absolute atomic E-state index is 6.83. The van der Waals surface area contributed by atoms with Crippen LogP contribution in [0.5, 0.6) is 0 Å². The topological polar surface area (TPSA) is 13.1 Å². The molecule has 0 radical (unpaired) electrons. The van der Waals surface area contributed by atoms with Gasteiger partial charge >= 0.3 is 0 Å². The molecule has 1 heterocycles. The van der Waals surface area contributed by atoms with E-state index in [2.05, 4.69) is 54.6 Å². The maximum Gasteiger partial charge on any atom is 0.136 e. The highest BCUT2D eigenvalue weighted by atomic mass is 35.5. The van der Waals surface area contributed by atoms with E-state index < -0.39 is 0 Å². The second-order valence-corrected chi connectivity index (χ2v) is 6.72. The minimum absolute atomic E-state index is 0.734. The molecule has 0 aliphatic carbocycles. The van der Waals surface area contributed by atoms with Gasteiger partial charge in [-0.25, -0.2) is 0 Å². The quantitative estimate of drug-likeness (QED) is 0.318. The highest BCUT2D eigenvalue weighted by Crippen LogP contribution is 2.40. The molecule has 1 nitrogen and oxygen atoms in total. The predicted octanol–water partition coefficient (Wildman–Crippen LogP) is 7.57. The molecule has 0 saturated heterocycles. The first-order valence-corrected chi connectivity index (χ1v) is 8.95. The van der Waals surface area contributed by atoms with E-state index in [4.69, 9.17) is 16.0 Å². The lowest BCUT2D eigenvalue weighted by Gasteiger charge is -2.08. The Balaban J connectivity index is 1.72. The SMILES string of the molecule is Clc1c(-c2cccc(-c3ccccc3)c2)ccc2oc3ccccc3c12. The van der Waals surface area contributed by atoms with Crippen molar-refractivity contribution < 1.29 is 4.42 Å². The van der Waals surface area contributed by atoms with Crippen LogP contribution in [0.2, 0.25) is 5.02 Å². The highest BCUT2D eigenvalue weighted by Gasteiger charge is 2.14. The molecule has 0 spiro atoms. The number of furan rings is 1. The number of para-hydroxylation sites is 1. The molecule has 26 heavy (non-hydrogen) atoms. The van der Waals surface area contributed by atoms with Crippen molar-refractivity contribution in [2.45, 2.75) is 0 Å². The summed E-state index contributed by atoms with van der Waals surface area (Å²) in [6.07, 6.45) is 0. The highest BCUT2D eigenvalue weighted by molar-refractivity contribution is 6.40. The zero-order valence-electron chi connectivity index (χ0n) is 13.9. The zero-order chi connectivity index (χ0) is 17.5. The standard InChI is InChI=1S/C24H15ClO/c25-24-19(13-14-22-23(24)20-11-4-5-12-21(20)26-22)18-10-6-9-17(15-18)16-7-2-1-3-8-16/h1-15H. The third-order valence-corrected chi connectivity index (χ3v) is 5.15. The first-order valence-electron chi connectivity index (χ1n) is 8.57. The number of hydrogen-bond acceptors (Lipinski definition) is 1. The van der Waals surface area contributed by atoms with Gasteiger partial charge in [0, 0.05) is 16.3 Å². The summed E-state index contributed by atoms with van der Waals surface area (Å²) in [5.74, 6) is 0. The van der Waals surface area contributed by atoms with Crippen LogP contribution in [0.1, 0.15) is 0 Å². The smallest absolute Gasteiger partial charge is 0.136 e.